The molecule has 0 bridgehead atoms. The van der Waals surface area contributed by atoms with Gasteiger partial charge >= 0.3 is 0 Å². The maximum Gasteiger partial charge on any atom is 0.259 e. The molecule has 1 amide bonds. The van der Waals surface area contributed by atoms with Crippen LogP contribution in [0.5, 0.6) is 5.75 Å². The first-order valence-electron chi connectivity index (χ1n) is 6.25. The van der Waals surface area contributed by atoms with Gasteiger partial charge in [0, 0.05) is 15.6 Å². The normalized spacial score (nSPS) is 13.6. The summed E-state index contributed by atoms with van der Waals surface area (Å²) in [4.78, 5) is 14.3. The van der Waals surface area contributed by atoms with Gasteiger partial charge in [-0.3, -0.25) is 4.79 Å². The zero-order valence-corrected chi connectivity index (χ0v) is 13.1. The third-order valence-corrected chi connectivity index (χ3v) is 4.12. The molecule has 1 aliphatic heterocycles. The van der Waals surface area contributed by atoms with Crippen molar-refractivity contribution in [3.63, 3.8) is 0 Å². The van der Waals surface area contributed by atoms with E-state index in [4.69, 9.17) is 16.3 Å². The Bertz CT molecular complexity index is 723. The second kappa shape index (κ2) is 5.66. The van der Waals surface area contributed by atoms with Gasteiger partial charge in [-0.05, 0) is 46.3 Å². The summed E-state index contributed by atoms with van der Waals surface area (Å²) in [5.41, 5.74) is 1.01. The monoisotopic (exact) mass is 369 g/mol. The molecule has 2 aromatic carbocycles. The summed E-state index contributed by atoms with van der Waals surface area (Å²) in [5, 5.41) is 0.481. The van der Waals surface area contributed by atoms with E-state index < -0.39 is 5.82 Å². The van der Waals surface area contributed by atoms with Crippen LogP contribution in [0.2, 0.25) is 5.02 Å². The summed E-state index contributed by atoms with van der Waals surface area (Å²) < 4.78 is 19.3. The fourth-order valence-corrected chi connectivity index (χ4v) is 2.80. The third kappa shape index (κ3) is 2.76. The van der Waals surface area contributed by atoms with Crippen LogP contribution in [0.25, 0.3) is 0 Å². The minimum atomic E-state index is -0.396. The average molecular weight is 371 g/mol. The van der Waals surface area contributed by atoms with Gasteiger partial charge in [-0.1, -0.05) is 11.6 Å². The van der Waals surface area contributed by atoms with Crippen LogP contribution in [-0.4, -0.2) is 19.1 Å². The van der Waals surface area contributed by atoms with Crippen molar-refractivity contribution in [2.24, 2.45) is 0 Å². The van der Waals surface area contributed by atoms with Crippen molar-refractivity contribution in [3.05, 3.63) is 57.3 Å². The maximum atomic E-state index is 13.3. The number of hydrogen-bond donors (Lipinski definition) is 0. The number of amides is 1. The minimum absolute atomic E-state index is 0.208. The second-order valence-electron chi connectivity index (χ2n) is 4.54. The van der Waals surface area contributed by atoms with Crippen LogP contribution in [0, 0.1) is 5.82 Å². The highest BCUT2D eigenvalue weighted by Crippen LogP contribution is 2.34. The van der Waals surface area contributed by atoms with Crippen LogP contribution in [0.3, 0.4) is 0 Å². The van der Waals surface area contributed by atoms with Crippen molar-refractivity contribution in [2.45, 2.75) is 0 Å². The summed E-state index contributed by atoms with van der Waals surface area (Å²) in [7, 11) is 0. The van der Waals surface area contributed by atoms with Crippen molar-refractivity contribution in [1.82, 2.24) is 0 Å². The first-order chi connectivity index (χ1) is 10.1. The van der Waals surface area contributed by atoms with Gasteiger partial charge in [-0.2, -0.15) is 0 Å². The number of fused-ring (bicyclic) bond motifs is 1. The number of carbonyl (C=O) groups excluding carboxylic acids is 1. The Morgan fingerprint density at radius 3 is 2.90 bits per heavy atom. The number of carbonyl (C=O) groups is 1. The van der Waals surface area contributed by atoms with Gasteiger partial charge < -0.3 is 9.64 Å². The Kier molecular flexibility index (Phi) is 3.87. The minimum Gasteiger partial charge on any atom is -0.489 e. The van der Waals surface area contributed by atoms with Crippen molar-refractivity contribution in [3.8, 4) is 5.75 Å². The van der Waals surface area contributed by atoms with Crippen molar-refractivity contribution in [1.29, 1.82) is 0 Å². The van der Waals surface area contributed by atoms with Gasteiger partial charge in [-0.15, -0.1) is 0 Å². The third-order valence-electron chi connectivity index (χ3n) is 3.19. The second-order valence-corrected chi connectivity index (χ2v) is 5.83. The van der Waals surface area contributed by atoms with E-state index in [2.05, 4.69) is 15.9 Å². The zero-order valence-electron chi connectivity index (χ0n) is 10.8. The molecule has 0 aliphatic carbocycles. The number of ether oxygens (including phenoxy) is 1. The molecule has 2 aromatic rings. The first kappa shape index (κ1) is 14.4. The quantitative estimate of drug-likeness (QED) is 0.750. The lowest BCUT2D eigenvalue weighted by molar-refractivity contribution is 0.0975. The summed E-state index contributed by atoms with van der Waals surface area (Å²) in [6.45, 7) is 0.719. The lowest BCUT2D eigenvalue weighted by Gasteiger charge is -2.29. The van der Waals surface area contributed by atoms with Crippen LogP contribution in [0.1, 0.15) is 10.4 Å². The topological polar surface area (TPSA) is 29.5 Å². The smallest absolute Gasteiger partial charge is 0.259 e. The molecular formula is C15H10BrClFNO2. The van der Waals surface area contributed by atoms with Gasteiger partial charge in [0.2, 0.25) is 0 Å². The number of rotatable bonds is 1. The zero-order chi connectivity index (χ0) is 15.0. The van der Waals surface area contributed by atoms with Gasteiger partial charge in [0.05, 0.1) is 17.8 Å². The SMILES string of the molecule is O=C(c1cc(Cl)ccc1Br)N1CCOc2cc(F)ccc21. The summed E-state index contributed by atoms with van der Waals surface area (Å²) in [6, 6.07) is 9.15. The molecule has 108 valence electrons. The van der Waals surface area contributed by atoms with Crippen molar-refractivity contribution >= 4 is 39.1 Å². The Hall–Kier alpha value is -1.59. The van der Waals surface area contributed by atoms with Crippen molar-refractivity contribution in [2.75, 3.05) is 18.1 Å². The van der Waals surface area contributed by atoms with E-state index >= 15 is 0 Å². The van der Waals surface area contributed by atoms with Crippen LogP contribution >= 0.6 is 27.5 Å². The predicted molar refractivity (Wildman–Crippen MR) is 82.7 cm³/mol. The lowest BCUT2D eigenvalue weighted by Crippen LogP contribution is -2.38. The molecule has 0 radical (unpaired) electrons. The molecule has 0 aromatic heterocycles. The molecule has 1 aliphatic rings. The first-order valence-corrected chi connectivity index (χ1v) is 7.42. The highest BCUT2D eigenvalue weighted by molar-refractivity contribution is 9.10. The number of hydrogen-bond acceptors (Lipinski definition) is 2. The molecular weight excluding hydrogens is 361 g/mol. The number of anilines is 1. The molecule has 0 spiro atoms. The van der Waals surface area contributed by atoms with E-state index in [0.717, 1.165) is 0 Å². The summed E-state index contributed by atoms with van der Waals surface area (Å²) in [6.07, 6.45) is 0. The molecule has 0 saturated carbocycles. The Morgan fingerprint density at radius 2 is 2.10 bits per heavy atom. The molecule has 0 fully saturated rings. The Balaban J connectivity index is 2.02. The fourth-order valence-electron chi connectivity index (χ4n) is 2.21. The van der Waals surface area contributed by atoms with Gasteiger partial charge in [0.1, 0.15) is 18.2 Å². The van der Waals surface area contributed by atoms with Crippen LogP contribution in [-0.2, 0) is 0 Å². The molecule has 0 atom stereocenters. The Labute approximate surface area is 134 Å². The number of halogens is 3. The molecule has 6 heteroatoms. The van der Waals surface area contributed by atoms with Gasteiger partial charge in [0.25, 0.3) is 5.91 Å². The van der Waals surface area contributed by atoms with E-state index in [1.54, 1.807) is 29.2 Å². The molecule has 0 saturated heterocycles. The predicted octanol–water partition coefficient (Wildman–Crippen LogP) is 4.28. The number of benzene rings is 2. The highest BCUT2D eigenvalue weighted by atomic mass is 79.9. The largest absolute Gasteiger partial charge is 0.489 e. The fraction of sp³-hybridized carbons (Fsp3) is 0.133. The van der Waals surface area contributed by atoms with E-state index in [1.807, 2.05) is 0 Å². The molecule has 3 rings (SSSR count). The van der Waals surface area contributed by atoms with E-state index in [9.17, 15) is 9.18 Å². The lowest BCUT2D eigenvalue weighted by atomic mass is 10.1. The van der Waals surface area contributed by atoms with Crippen molar-refractivity contribution < 1.29 is 13.9 Å². The summed E-state index contributed by atoms with van der Waals surface area (Å²) >= 11 is 9.31. The number of nitrogens with zero attached hydrogens (tertiary/aromatic N) is 1. The summed E-state index contributed by atoms with van der Waals surface area (Å²) in [5.74, 6) is -0.236. The standard InChI is InChI=1S/C15H10BrClFNO2/c16-12-3-1-9(17)7-11(12)15(20)19-5-6-21-14-8-10(18)2-4-13(14)19/h1-4,7-8H,5-6H2. The molecule has 0 N–H and O–H groups in total. The van der Waals surface area contributed by atoms with Gasteiger partial charge in [-0.25, -0.2) is 4.39 Å². The van der Waals surface area contributed by atoms with Crippen LogP contribution < -0.4 is 9.64 Å². The van der Waals surface area contributed by atoms with Gasteiger partial charge in [0.15, 0.2) is 0 Å². The van der Waals surface area contributed by atoms with Crippen LogP contribution in [0.4, 0.5) is 10.1 Å². The molecule has 21 heavy (non-hydrogen) atoms. The van der Waals surface area contributed by atoms with E-state index in [-0.39, 0.29) is 5.91 Å². The van der Waals surface area contributed by atoms with Crippen LogP contribution in [0.15, 0.2) is 40.9 Å². The molecule has 3 nitrogen and oxygen atoms in total. The van der Waals surface area contributed by atoms with E-state index in [0.29, 0.717) is 39.6 Å². The highest BCUT2D eigenvalue weighted by Gasteiger charge is 2.26. The average Bonchev–Trinajstić information content (AvgIpc) is 2.48. The molecule has 0 unspecified atom stereocenters. The molecule has 1 heterocycles. The Morgan fingerprint density at radius 1 is 1.29 bits per heavy atom. The van der Waals surface area contributed by atoms with E-state index in [1.165, 1.54) is 12.1 Å². The maximum absolute atomic E-state index is 13.3.